The second kappa shape index (κ2) is 10.0. The molecule has 3 aromatic heterocycles. The molecule has 1 saturated heterocycles. The highest BCUT2D eigenvalue weighted by atomic mass is 32.1. The first-order chi connectivity index (χ1) is 17.1. The molecule has 9 heteroatoms. The van der Waals surface area contributed by atoms with Gasteiger partial charge in [-0.25, -0.2) is 9.37 Å². The van der Waals surface area contributed by atoms with E-state index in [1.54, 1.807) is 12.4 Å². The number of hydrogen-bond acceptors (Lipinski definition) is 4. The Balaban J connectivity index is 1.42. The van der Waals surface area contributed by atoms with Crippen LogP contribution in [0.1, 0.15) is 29.9 Å². The monoisotopic (exact) mass is 486 g/mol. The minimum Gasteiger partial charge on any atom is -0.352 e. The van der Waals surface area contributed by atoms with Gasteiger partial charge < -0.3 is 20.1 Å². The first kappa shape index (κ1) is 22.7. The topological polar surface area (TPSA) is 75.1 Å². The number of nitrogens with one attached hydrogen (secondary N) is 2. The molecule has 4 heterocycles. The molecular weight excluding hydrogens is 463 g/mol. The molecule has 1 aromatic carbocycles. The zero-order valence-electron chi connectivity index (χ0n) is 18.7. The highest BCUT2D eigenvalue weighted by molar-refractivity contribution is 7.80. The normalized spacial score (nSPS) is 17.3. The number of nitrogens with zero attached hydrogens (tertiary/aromatic N) is 4. The van der Waals surface area contributed by atoms with E-state index in [1.165, 1.54) is 24.3 Å². The molecule has 1 fully saturated rings. The largest absolute Gasteiger partial charge is 0.352 e. The van der Waals surface area contributed by atoms with Crippen molar-refractivity contribution in [3.8, 4) is 5.82 Å². The zero-order valence-corrected chi connectivity index (χ0v) is 19.5. The van der Waals surface area contributed by atoms with Crippen LogP contribution >= 0.6 is 12.2 Å². The number of hydrogen-bond donors (Lipinski definition) is 2. The smallest absolute Gasteiger partial charge is 0.226 e. The highest BCUT2D eigenvalue weighted by Gasteiger charge is 2.41. The maximum atomic E-state index is 13.2. The Bertz CT molecular complexity index is 1310. The molecule has 7 nitrogen and oxygen atoms in total. The molecule has 0 aliphatic carbocycles. The number of aromatic nitrogens is 3. The number of benzene rings is 1. The van der Waals surface area contributed by atoms with Gasteiger partial charge in [-0.15, -0.1) is 0 Å². The van der Waals surface area contributed by atoms with Crippen LogP contribution in [0.25, 0.3) is 5.82 Å². The Labute approximate surface area is 207 Å². The maximum Gasteiger partial charge on any atom is 0.226 e. The zero-order chi connectivity index (χ0) is 24.2. The average molecular weight is 487 g/mol. The summed E-state index contributed by atoms with van der Waals surface area (Å²) in [5.41, 5.74) is 2.38. The van der Waals surface area contributed by atoms with E-state index in [9.17, 15) is 9.18 Å². The van der Waals surface area contributed by atoms with Gasteiger partial charge in [0.25, 0.3) is 0 Å². The molecule has 0 bridgehead atoms. The van der Waals surface area contributed by atoms with Crippen molar-refractivity contribution in [3.63, 3.8) is 0 Å². The van der Waals surface area contributed by atoms with Crippen LogP contribution in [0.5, 0.6) is 0 Å². The number of thiocarbonyl (C=S) groups is 1. The Morgan fingerprint density at radius 2 is 1.77 bits per heavy atom. The number of anilines is 1. The lowest BCUT2D eigenvalue weighted by Crippen LogP contribution is -2.33. The van der Waals surface area contributed by atoms with Gasteiger partial charge in [-0.2, -0.15) is 0 Å². The predicted molar refractivity (Wildman–Crippen MR) is 135 cm³/mol. The Kier molecular flexibility index (Phi) is 6.49. The molecule has 0 radical (unpaired) electrons. The molecule has 0 unspecified atom stereocenters. The molecular formula is C26H23FN6OS. The fourth-order valence-electron chi connectivity index (χ4n) is 4.29. The Hall–Kier alpha value is -4.11. The fourth-order valence-corrected chi connectivity index (χ4v) is 4.62. The first-order valence-electron chi connectivity index (χ1n) is 11.2. The summed E-state index contributed by atoms with van der Waals surface area (Å²) in [6.45, 7) is 0.389. The summed E-state index contributed by atoms with van der Waals surface area (Å²) in [5.74, 6) is 0.259. The second-order valence-corrected chi connectivity index (χ2v) is 8.50. The lowest BCUT2D eigenvalue weighted by molar-refractivity contribution is -0.116. The van der Waals surface area contributed by atoms with Crippen molar-refractivity contribution in [1.29, 1.82) is 0 Å². The molecule has 1 aliphatic rings. The molecule has 2 N–H and O–H groups in total. The molecule has 1 amide bonds. The van der Waals surface area contributed by atoms with Crippen LogP contribution in [0.3, 0.4) is 0 Å². The van der Waals surface area contributed by atoms with Crippen LogP contribution < -0.4 is 10.6 Å². The quantitative estimate of drug-likeness (QED) is 0.377. The van der Waals surface area contributed by atoms with Crippen molar-refractivity contribution in [2.45, 2.75) is 18.5 Å². The highest BCUT2D eigenvalue weighted by Crippen LogP contribution is 2.39. The van der Waals surface area contributed by atoms with Crippen LogP contribution in [-0.2, 0) is 4.79 Å². The van der Waals surface area contributed by atoms with E-state index in [4.69, 9.17) is 12.2 Å². The lowest BCUT2D eigenvalue weighted by atomic mass is 10.0. The van der Waals surface area contributed by atoms with Gasteiger partial charge in [0.05, 0.1) is 17.8 Å². The van der Waals surface area contributed by atoms with Crippen molar-refractivity contribution < 1.29 is 9.18 Å². The fraction of sp³-hybridized carbons (Fsp3) is 0.154. The number of amides is 1. The average Bonchev–Trinajstić information content (AvgIpc) is 3.49. The van der Waals surface area contributed by atoms with Crippen molar-refractivity contribution in [1.82, 2.24) is 24.8 Å². The molecule has 2 atom stereocenters. The van der Waals surface area contributed by atoms with Gasteiger partial charge in [-0.3, -0.25) is 9.78 Å². The number of carbonyl (C=O) groups excluding carboxylic acids is 1. The molecule has 0 spiro atoms. The summed E-state index contributed by atoms with van der Waals surface area (Å²) in [6.07, 6.45) is 5.68. The Morgan fingerprint density at radius 1 is 1.00 bits per heavy atom. The minimum absolute atomic E-state index is 0.181. The van der Waals surface area contributed by atoms with Crippen molar-refractivity contribution in [2.75, 3.05) is 11.9 Å². The van der Waals surface area contributed by atoms with Crippen molar-refractivity contribution in [2.24, 2.45) is 0 Å². The summed E-state index contributed by atoms with van der Waals surface area (Å²) < 4.78 is 15.2. The van der Waals surface area contributed by atoms with Crippen LogP contribution in [0.15, 0.2) is 91.4 Å². The van der Waals surface area contributed by atoms with E-state index in [-0.39, 0.29) is 30.2 Å². The summed E-state index contributed by atoms with van der Waals surface area (Å²) >= 11 is 5.71. The van der Waals surface area contributed by atoms with Crippen molar-refractivity contribution >= 4 is 28.9 Å². The number of rotatable bonds is 7. The molecule has 35 heavy (non-hydrogen) atoms. The summed E-state index contributed by atoms with van der Waals surface area (Å²) in [7, 11) is 0. The summed E-state index contributed by atoms with van der Waals surface area (Å²) in [5, 5.41) is 6.77. The van der Waals surface area contributed by atoms with Crippen LogP contribution in [0.2, 0.25) is 0 Å². The molecule has 176 valence electrons. The van der Waals surface area contributed by atoms with Gasteiger partial charge in [-0.05, 0) is 72.9 Å². The maximum absolute atomic E-state index is 13.2. The third-order valence-corrected chi connectivity index (χ3v) is 6.24. The predicted octanol–water partition coefficient (Wildman–Crippen LogP) is 4.41. The number of carbonyl (C=O) groups is 1. The van der Waals surface area contributed by atoms with Gasteiger partial charge in [0.1, 0.15) is 11.6 Å². The first-order valence-corrected chi connectivity index (χ1v) is 11.6. The Morgan fingerprint density at radius 3 is 2.49 bits per heavy atom. The van der Waals surface area contributed by atoms with E-state index in [0.29, 0.717) is 17.3 Å². The van der Waals surface area contributed by atoms with Gasteiger partial charge in [0.2, 0.25) is 5.91 Å². The standard InChI is InChI=1S/C26H23FN6OS/c27-18-9-11-19(12-10-18)30-23(34)13-17-33-25(24(31-26(33)35)20-6-1-3-14-28-20)21-7-5-16-32(21)22-8-2-4-15-29-22/h1-12,14-16,24-25H,13,17H2,(H,30,34)(H,31,35)/t24-,25-/m0/s1. The number of pyridine rings is 2. The third-order valence-electron chi connectivity index (χ3n) is 5.88. The molecule has 5 rings (SSSR count). The van der Waals surface area contributed by atoms with E-state index in [1.807, 2.05) is 64.2 Å². The van der Waals surface area contributed by atoms with Gasteiger partial charge in [-0.1, -0.05) is 12.1 Å². The minimum atomic E-state index is -0.351. The SMILES string of the molecule is O=C(CCN1C(=S)N[C@@H](c2ccccn2)[C@@H]1c1cccn1-c1ccccn1)Nc1ccc(F)cc1. The van der Waals surface area contributed by atoms with Gasteiger partial charge in [0.15, 0.2) is 5.11 Å². The van der Waals surface area contributed by atoms with E-state index in [2.05, 4.69) is 20.6 Å². The van der Waals surface area contributed by atoms with E-state index >= 15 is 0 Å². The second-order valence-electron chi connectivity index (χ2n) is 8.12. The third kappa shape index (κ3) is 4.90. The van der Waals surface area contributed by atoms with Crippen LogP contribution in [0.4, 0.5) is 10.1 Å². The van der Waals surface area contributed by atoms with Crippen LogP contribution in [0, 0.1) is 5.82 Å². The lowest BCUT2D eigenvalue weighted by Gasteiger charge is -2.28. The number of halogens is 1. The van der Waals surface area contributed by atoms with Gasteiger partial charge in [0, 0.05) is 42.9 Å². The van der Waals surface area contributed by atoms with Gasteiger partial charge >= 0.3 is 0 Å². The van der Waals surface area contributed by atoms with E-state index < -0.39 is 0 Å². The molecule has 4 aromatic rings. The van der Waals surface area contributed by atoms with Crippen LogP contribution in [-0.4, -0.2) is 37.0 Å². The van der Waals surface area contributed by atoms with Crippen molar-refractivity contribution in [3.05, 3.63) is 109 Å². The summed E-state index contributed by atoms with van der Waals surface area (Å²) in [6, 6.07) is 20.8. The molecule has 1 aliphatic heterocycles. The summed E-state index contributed by atoms with van der Waals surface area (Å²) in [4.78, 5) is 23.8. The molecule has 0 saturated carbocycles. The van der Waals surface area contributed by atoms with E-state index in [0.717, 1.165) is 17.2 Å².